The lowest BCUT2D eigenvalue weighted by Crippen LogP contribution is -2.28. The lowest BCUT2D eigenvalue weighted by atomic mass is 10.0. The molecule has 2 rings (SSSR count). The summed E-state index contributed by atoms with van der Waals surface area (Å²) in [6.45, 7) is 4.68. The van der Waals surface area contributed by atoms with Crippen LogP contribution in [0.25, 0.3) is 0 Å². The van der Waals surface area contributed by atoms with Crippen molar-refractivity contribution in [3.63, 3.8) is 0 Å². The number of nitriles is 1. The van der Waals surface area contributed by atoms with E-state index in [4.69, 9.17) is 0 Å². The first kappa shape index (κ1) is 19.3. The van der Waals surface area contributed by atoms with Crippen LogP contribution in [0.4, 0.5) is 0 Å². The molecule has 0 fully saturated rings. The second-order valence-corrected chi connectivity index (χ2v) is 6.15. The van der Waals surface area contributed by atoms with E-state index in [1.54, 1.807) is 0 Å². The molecule has 0 spiro atoms. The first-order valence-corrected chi connectivity index (χ1v) is 8.91. The minimum atomic E-state index is -0.369. The number of rotatable bonds is 8. The average molecular weight is 347 g/mol. The Labute approximate surface area is 155 Å². The molecular formula is C22H25N3O. The summed E-state index contributed by atoms with van der Waals surface area (Å²) in [7, 11) is 0. The summed E-state index contributed by atoms with van der Waals surface area (Å²) in [6.07, 6.45) is 3.31. The normalized spacial score (nSPS) is 12.1. The van der Waals surface area contributed by atoms with Gasteiger partial charge in [0.25, 0.3) is 5.91 Å². The highest BCUT2D eigenvalue weighted by atomic mass is 16.1. The van der Waals surface area contributed by atoms with E-state index in [2.05, 4.69) is 41.8 Å². The van der Waals surface area contributed by atoms with Gasteiger partial charge in [-0.15, -0.1) is 0 Å². The Hall–Kier alpha value is -3.06. The molecule has 0 aliphatic carbocycles. The molecular weight excluding hydrogens is 322 g/mol. The standard InChI is InChI=1S/C22H25N3O/c1-3-18-9-11-20(12-10-18)17(2)25-22(26)21(15-23)16-24-14-13-19-7-5-4-6-8-19/h4-12,16-17,24H,3,13-14H2,1-2H3,(H,25,26)/b21-16-. The highest BCUT2D eigenvalue weighted by Gasteiger charge is 2.13. The van der Waals surface area contributed by atoms with Gasteiger partial charge < -0.3 is 10.6 Å². The summed E-state index contributed by atoms with van der Waals surface area (Å²) in [6, 6.07) is 20.0. The molecule has 26 heavy (non-hydrogen) atoms. The van der Waals surface area contributed by atoms with Gasteiger partial charge in [0.05, 0.1) is 6.04 Å². The van der Waals surface area contributed by atoms with Crippen LogP contribution in [0.2, 0.25) is 0 Å². The summed E-state index contributed by atoms with van der Waals surface area (Å²) < 4.78 is 0. The average Bonchev–Trinajstić information content (AvgIpc) is 2.68. The first-order valence-electron chi connectivity index (χ1n) is 8.91. The molecule has 1 amide bonds. The van der Waals surface area contributed by atoms with E-state index in [0.717, 1.165) is 18.4 Å². The molecule has 2 N–H and O–H groups in total. The highest BCUT2D eigenvalue weighted by Crippen LogP contribution is 2.14. The van der Waals surface area contributed by atoms with Crippen molar-refractivity contribution < 1.29 is 4.79 Å². The number of nitrogens with zero attached hydrogens (tertiary/aromatic N) is 1. The Bertz CT molecular complexity index is 773. The smallest absolute Gasteiger partial charge is 0.263 e. The van der Waals surface area contributed by atoms with Gasteiger partial charge in [0.2, 0.25) is 0 Å². The number of carbonyl (C=O) groups is 1. The second kappa shape index (κ2) is 10.0. The molecule has 1 unspecified atom stereocenters. The number of hydrogen-bond acceptors (Lipinski definition) is 3. The van der Waals surface area contributed by atoms with E-state index in [0.29, 0.717) is 6.54 Å². The van der Waals surface area contributed by atoms with Crippen molar-refractivity contribution in [1.82, 2.24) is 10.6 Å². The molecule has 0 aliphatic rings. The minimum absolute atomic E-state index is 0.0788. The van der Waals surface area contributed by atoms with E-state index < -0.39 is 0 Å². The third kappa shape index (κ3) is 5.78. The molecule has 134 valence electrons. The zero-order chi connectivity index (χ0) is 18.8. The van der Waals surface area contributed by atoms with Crippen LogP contribution in [0.1, 0.15) is 36.6 Å². The van der Waals surface area contributed by atoms with Crippen molar-refractivity contribution in [3.8, 4) is 6.07 Å². The Morgan fingerprint density at radius 3 is 2.42 bits per heavy atom. The molecule has 4 nitrogen and oxygen atoms in total. The summed E-state index contributed by atoms with van der Waals surface area (Å²) in [5.41, 5.74) is 3.56. The van der Waals surface area contributed by atoms with Gasteiger partial charge in [-0.25, -0.2) is 0 Å². The maximum atomic E-state index is 12.3. The van der Waals surface area contributed by atoms with Gasteiger partial charge in [0.1, 0.15) is 11.6 Å². The summed E-state index contributed by atoms with van der Waals surface area (Å²) in [5.74, 6) is -0.369. The van der Waals surface area contributed by atoms with E-state index >= 15 is 0 Å². The van der Waals surface area contributed by atoms with E-state index in [-0.39, 0.29) is 17.5 Å². The van der Waals surface area contributed by atoms with E-state index in [1.807, 2.05) is 43.3 Å². The van der Waals surface area contributed by atoms with Gasteiger partial charge in [-0.2, -0.15) is 5.26 Å². The van der Waals surface area contributed by atoms with Crippen LogP contribution in [0.3, 0.4) is 0 Å². The fraction of sp³-hybridized carbons (Fsp3) is 0.273. The Kier molecular flexibility index (Phi) is 7.45. The van der Waals surface area contributed by atoms with Gasteiger partial charge in [0, 0.05) is 12.7 Å². The van der Waals surface area contributed by atoms with Crippen molar-refractivity contribution in [1.29, 1.82) is 5.26 Å². The van der Waals surface area contributed by atoms with Crippen LogP contribution in [0.5, 0.6) is 0 Å². The second-order valence-electron chi connectivity index (χ2n) is 6.15. The fourth-order valence-electron chi connectivity index (χ4n) is 2.58. The van der Waals surface area contributed by atoms with Crippen LogP contribution in [-0.2, 0) is 17.6 Å². The van der Waals surface area contributed by atoms with Crippen molar-refractivity contribution in [2.45, 2.75) is 32.7 Å². The molecule has 0 saturated carbocycles. The van der Waals surface area contributed by atoms with E-state index in [9.17, 15) is 10.1 Å². The molecule has 0 aliphatic heterocycles. The highest BCUT2D eigenvalue weighted by molar-refractivity contribution is 5.97. The van der Waals surface area contributed by atoms with Crippen molar-refractivity contribution in [3.05, 3.63) is 83.1 Å². The predicted octanol–water partition coefficient (Wildman–Crippen LogP) is 3.67. The third-order valence-electron chi connectivity index (χ3n) is 4.25. The molecule has 0 saturated heterocycles. The van der Waals surface area contributed by atoms with Crippen molar-refractivity contribution in [2.75, 3.05) is 6.54 Å². The van der Waals surface area contributed by atoms with Crippen LogP contribution in [0, 0.1) is 11.3 Å². The monoisotopic (exact) mass is 347 g/mol. The maximum absolute atomic E-state index is 12.3. The van der Waals surface area contributed by atoms with Crippen LogP contribution >= 0.6 is 0 Å². The Morgan fingerprint density at radius 1 is 1.12 bits per heavy atom. The molecule has 0 aromatic heterocycles. The van der Waals surface area contributed by atoms with Crippen molar-refractivity contribution in [2.24, 2.45) is 0 Å². The lowest BCUT2D eigenvalue weighted by molar-refractivity contribution is -0.117. The molecule has 4 heteroatoms. The number of hydrogen-bond donors (Lipinski definition) is 2. The summed E-state index contributed by atoms with van der Waals surface area (Å²) >= 11 is 0. The van der Waals surface area contributed by atoms with Crippen LogP contribution in [0.15, 0.2) is 66.4 Å². The third-order valence-corrected chi connectivity index (χ3v) is 4.25. The topological polar surface area (TPSA) is 64.9 Å². The summed E-state index contributed by atoms with van der Waals surface area (Å²) in [4.78, 5) is 12.3. The van der Waals surface area contributed by atoms with Gasteiger partial charge in [-0.05, 0) is 36.5 Å². The fourth-order valence-corrected chi connectivity index (χ4v) is 2.58. The van der Waals surface area contributed by atoms with Crippen LogP contribution in [-0.4, -0.2) is 12.5 Å². The number of benzene rings is 2. The molecule has 2 aromatic rings. The predicted molar refractivity (Wildman–Crippen MR) is 104 cm³/mol. The van der Waals surface area contributed by atoms with Gasteiger partial charge in [-0.1, -0.05) is 61.5 Å². The number of nitrogens with one attached hydrogen (secondary N) is 2. The number of aryl methyl sites for hydroxylation is 1. The zero-order valence-electron chi connectivity index (χ0n) is 15.3. The largest absolute Gasteiger partial charge is 0.389 e. The lowest BCUT2D eigenvalue weighted by Gasteiger charge is -2.14. The Morgan fingerprint density at radius 2 is 1.81 bits per heavy atom. The van der Waals surface area contributed by atoms with E-state index in [1.165, 1.54) is 17.3 Å². The van der Waals surface area contributed by atoms with Crippen molar-refractivity contribution >= 4 is 5.91 Å². The van der Waals surface area contributed by atoms with Crippen LogP contribution < -0.4 is 10.6 Å². The summed E-state index contributed by atoms with van der Waals surface area (Å²) in [5, 5.41) is 15.2. The molecule has 1 atom stereocenters. The molecule has 0 heterocycles. The quantitative estimate of drug-likeness (QED) is 0.435. The van der Waals surface area contributed by atoms with Gasteiger partial charge in [0.15, 0.2) is 0 Å². The SMILES string of the molecule is CCc1ccc(C(C)NC(=O)/C(C#N)=C\NCCc2ccccc2)cc1. The van der Waals surface area contributed by atoms with Gasteiger partial charge >= 0.3 is 0 Å². The number of carbonyl (C=O) groups excluding carboxylic acids is 1. The zero-order valence-corrected chi connectivity index (χ0v) is 15.3. The number of amides is 1. The molecule has 0 radical (unpaired) electrons. The minimum Gasteiger partial charge on any atom is -0.389 e. The van der Waals surface area contributed by atoms with Gasteiger partial charge in [-0.3, -0.25) is 4.79 Å². The molecule has 2 aromatic carbocycles. The maximum Gasteiger partial charge on any atom is 0.263 e. The Balaban J connectivity index is 1.87. The molecule has 0 bridgehead atoms. The first-order chi connectivity index (χ1) is 12.6.